The fourth-order valence-electron chi connectivity index (χ4n) is 3.26. The highest BCUT2D eigenvalue weighted by Gasteiger charge is 2.35. The van der Waals surface area contributed by atoms with E-state index in [0.29, 0.717) is 29.2 Å². The number of hydrogen-bond donors (Lipinski definition) is 1. The summed E-state index contributed by atoms with van der Waals surface area (Å²) in [5.74, 6) is 1.03. The van der Waals surface area contributed by atoms with Crippen molar-refractivity contribution < 1.29 is 29.0 Å². The number of imidazole rings is 1. The number of carbonyl (C=O) groups excluding carboxylic acids is 1. The van der Waals surface area contributed by atoms with Crippen molar-refractivity contribution in [1.29, 1.82) is 0 Å². The molecule has 0 aliphatic heterocycles. The molecule has 0 spiro atoms. The Morgan fingerprint density at radius 3 is 2.44 bits per heavy atom. The van der Waals surface area contributed by atoms with E-state index in [-0.39, 0.29) is 17.2 Å². The Morgan fingerprint density at radius 1 is 1.22 bits per heavy atom. The Morgan fingerprint density at radius 2 is 1.88 bits per heavy atom. The van der Waals surface area contributed by atoms with Crippen LogP contribution in [0.5, 0.6) is 17.2 Å². The summed E-state index contributed by atoms with van der Waals surface area (Å²) < 4.78 is 18.2. The third-order valence-corrected chi connectivity index (χ3v) is 4.78. The third-order valence-electron chi connectivity index (χ3n) is 4.78. The van der Waals surface area contributed by atoms with Crippen LogP contribution in [0.25, 0.3) is 11.0 Å². The second-order valence-corrected chi connectivity index (χ2v) is 8.21. The first-order valence-electron chi connectivity index (χ1n) is 9.97. The van der Waals surface area contributed by atoms with Gasteiger partial charge in [-0.05, 0) is 31.2 Å². The van der Waals surface area contributed by atoms with E-state index in [4.69, 9.17) is 14.2 Å². The number of aromatic hydroxyl groups is 1. The summed E-state index contributed by atoms with van der Waals surface area (Å²) in [6.07, 6.45) is -1.82. The number of fused-ring (bicyclic) bond motifs is 1. The standard InChI is InChI=1S/C22H25N3O7/c1-6-30-16-12-11-15(26)17-18(16)24(5)20(23-17)19(22(2,3)4)32-21(27)31-14-9-7-13(8-10-14)25(28)29/h7-12,19,26H,6H2,1-5H3/t19-/m0/s1. The first kappa shape index (κ1) is 22.9. The van der Waals surface area contributed by atoms with Gasteiger partial charge in [-0.15, -0.1) is 0 Å². The molecule has 0 unspecified atom stereocenters. The molecule has 1 atom stereocenters. The SMILES string of the molecule is CCOc1ccc(O)c2nc([C@H](OC(=O)Oc3ccc([N+](=O)[O-])cc3)C(C)(C)C)n(C)c12. The molecule has 0 saturated heterocycles. The van der Waals surface area contributed by atoms with Gasteiger partial charge in [-0.2, -0.15) is 0 Å². The van der Waals surface area contributed by atoms with Crippen LogP contribution in [0.2, 0.25) is 0 Å². The summed E-state index contributed by atoms with van der Waals surface area (Å²) in [5.41, 5.74) is 0.201. The highest BCUT2D eigenvalue weighted by molar-refractivity contribution is 5.88. The van der Waals surface area contributed by atoms with Gasteiger partial charge in [-0.3, -0.25) is 10.1 Å². The van der Waals surface area contributed by atoms with Gasteiger partial charge in [-0.1, -0.05) is 20.8 Å². The molecule has 3 rings (SSSR count). The lowest BCUT2D eigenvalue weighted by atomic mass is 9.88. The predicted octanol–water partition coefficient (Wildman–Crippen LogP) is 4.89. The van der Waals surface area contributed by atoms with Gasteiger partial charge in [0.15, 0.2) is 11.9 Å². The van der Waals surface area contributed by atoms with Crippen LogP contribution in [0.3, 0.4) is 0 Å². The zero-order valence-electron chi connectivity index (χ0n) is 18.5. The minimum absolute atomic E-state index is 0.0218. The summed E-state index contributed by atoms with van der Waals surface area (Å²) in [6.45, 7) is 7.91. The lowest BCUT2D eigenvalue weighted by molar-refractivity contribution is -0.384. The fourth-order valence-corrected chi connectivity index (χ4v) is 3.26. The first-order chi connectivity index (χ1) is 15.0. The molecule has 0 aliphatic carbocycles. The third kappa shape index (κ3) is 4.58. The number of benzene rings is 2. The molecule has 32 heavy (non-hydrogen) atoms. The van der Waals surface area contributed by atoms with E-state index < -0.39 is 22.6 Å². The summed E-state index contributed by atoms with van der Waals surface area (Å²) >= 11 is 0. The summed E-state index contributed by atoms with van der Waals surface area (Å²) in [7, 11) is 1.75. The monoisotopic (exact) mass is 443 g/mol. The van der Waals surface area contributed by atoms with Crippen molar-refractivity contribution in [2.45, 2.75) is 33.8 Å². The Hall–Kier alpha value is -3.82. The zero-order valence-corrected chi connectivity index (χ0v) is 18.5. The largest absolute Gasteiger partial charge is 0.514 e. The van der Waals surface area contributed by atoms with Crippen molar-refractivity contribution in [2.24, 2.45) is 12.5 Å². The zero-order chi connectivity index (χ0) is 23.6. The highest BCUT2D eigenvalue weighted by Crippen LogP contribution is 2.40. The number of nitrogens with zero attached hydrogens (tertiary/aromatic N) is 3. The van der Waals surface area contributed by atoms with E-state index >= 15 is 0 Å². The van der Waals surface area contributed by atoms with Crippen LogP contribution in [0.1, 0.15) is 39.6 Å². The number of nitro groups is 1. The molecular formula is C22H25N3O7. The lowest BCUT2D eigenvalue weighted by Crippen LogP contribution is -2.28. The molecule has 1 heterocycles. The number of carbonyl (C=O) groups is 1. The lowest BCUT2D eigenvalue weighted by Gasteiger charge is -2.29. The van der Waals surface area contributed by atoms with Gasteiger partial charge in [0, 0.05) is 24.6 Å². The molecule has 0 amide bonds. The maximum atomic E-state index is 12.5. The number of ether oxygens (including phenoxy) is 3. The molecule has 3 aromatic rings. The predicted molar refractivity (Wildman–Crippen MR) is 116 cm³/mol. The number of non-ortho nitro benzene ring substituents is 1. The molecule has 170 valence electrons. The second kappa shape index (κ2) is 8.74. The molecule has 0 aliphatic rings. The molecule has 10 nitrogen and oxygen atoms in total. The maximum absolute atomic E-state index is 12.5. The normalized spacial score (nSPS) is 12.4. The van der Waals surface area contributed by atoms with Crippen molar-refractivity contribution in [3.05, 3.63) is 52.3 Å². The maximum Gasteiger partial charge on any atom is 0.514 e. The van der Waals surface area contributed by atoms with E-state index in [1.807, 2.05) is 27.7 Å². The molecule has 2 aromatic carbocycles. The van der Waals surface area contributed by atoms with Gasteiger partial charge in [0.2, 0.25) is 0 Å². The average molecular weight is 443 g/mol. The number of rotatable bonds is 6. The van der Waals surface area contributed by atoms with Gasteiger partial charge < -0.3 is 23.9 Å². The molecular weight excluding hydrogens is 418 g/mol. The summed E-state index contributed by atoms with van der Waals surface area (Å²) in [4.78, 5) is 27.3. The van der Waals surface area contributed by atoms with Crippen LogP contribution in [-0.4, -0.2) is 32.3 Å². The quantitative estimate of drug-likeness (QED) is 0.247. The summed E-state index contributed by atoms with van der Waals surface area (Å²) in [5, 5.41) is 21.1. The molecule has 0 saturated carbocycles. The first-order valence-corrected chi connectivity index (χ1v) is 9.97. The molecule has 0 fully saturated rings. The average Bonchev–Trinajstić information content (AvgIpc) is 3.06. The van der Waals surface area contributed by atoms with Gasteiger partial charge in [0.05, 0.1) is 11.5 Å². The fraction of sp³-hybridized carbons (Fsp3) is 0.364. The van der Waals surface area contributed by atoms with Crippen molar-refractivity contribution >= 4 is 22.9 Å². The van der Waals surface area contributed by atoms with Crippen LogP contribution in [0.15, 0.2) is 36.4 Å². The number of nitro benzene ring substituents is 1. The van der Waals surface area contributed by atoms with Gasteiger partial charge >= 0.3 is 6.16 Å². The number of aromatic nitrogens is 2. The van der Waals surface area contributed by atoms with E-state index in [9.17, 15) is 20.0 Å². The van der Waals surface area contributed by atoms with Gasteiger partial charge in [0.25, 0.3) is 5.69 Å². The number of phenols is 1. The minimum Gasteiger partial charge on any atom is -0.506 e. The smallest absolute Gasteiger partial charge is 0.506 e. The van der Waals surface area contributed by atoms with Gasteiger partial charge in [-0.25, -0.2) is 9.78 Å². The van der Waals surface area contributed by atoms with Crippen molar-refractivity contribution in [2.75, 3.05) is 6.61 Å². The Kier molecular flexibility index (Phi) is 6.24. The molecule has 10 heteroatoms. The van der Waals surface area contributed by atoms with Crippen LogP contribution >= 0.6 is 0 Å². The van der Waals surface area contributed by atoms with Gasteiger partial charge in [0.1, 0.15) is 28.3 Å². The number of aryl methyl sites for hydroxylation is 1. The minimum atomic E-state index is -0.986. The van der Waals surface area contributed by atoms with Crippen molar-refractivity contribution in [3.8, 4) is 17.2 Å². The Balaban J connectivity index is 1.93. The van der Waals surface area contributed by atoms with Crippen LogP contribution < -0.4 is 9.47 Å². The second-order valence-electron chi connectivity index (χ2n) is 8.21. The Bertz CT molecular complexity index is 1150. The van der Waals surface area contributed by atoms with E-state index in [1.54, 1.807) is 17.7 Å². The molecule has 1 N–H and O–H groups in total. The molecule has 0 bridgehead atoms. The molecule has 1 aromatic heterocycles. The number of phenolic OH excluding ortho intramolecular Hbond substituents is 1. The molecule has 0 radical (unpaired) electrons. The number of hydrogen-bond acceptors (Lipinski definition) is 8. The van der Waals surface area contributed by atoms with Crippen LogP contribution in [0, 0.1) is 15.5 Å². The van der Waals surface area contributed by atoms with E-state index in [0.717, 1.165) is 0 Å². The van der Waals surface area contributed by atoms with E-state index in [2.05, 4.69) is 4.98 Å². The van der Waals surface area contributed by atoms with Crippen LogP contribution in [-0.2, 0) is 11.8 Å². The Labute approximate surface area is 184 Å². The topological polar surface area (TPSA) is 126 Å². The highest BCUT2D eigenvalue weighted by atomic mass is 16.7. The van der Waals surface area contributed by atoms with Crippen molar-refractivity contribution in [1.82, 2.24) is 9.55 Å². The van der Waals surface area contributed by atoms with Crippen molar-refractivity contribution in [3.63, 3.8) is 0 Å². The van der Waals surface area contributed by atoms with Crippen LogP contribution in [0.4, 0.5) is 10.5 Å². The summed E-state index contributed by atoms with van der Waals surface area (Å²) in [6, 6.07) is 8.24. The van der Waals surface area contributed by atoms with E-state index in [1.165, 1.54) is 30.3 Å².